The second kappa shape index (κ2) is 8.89. The summed E-state index contributed by atoms with van der Waals surface area (Å²) in [4.78, 5) is 0. The second-order valence-electron chi connectivity index (χ2n) is 5.65. The molecular formula is C20H15Br2ClFNO. The van der Waals surface area contributed by atoms with E-state index in [9.17, 15) is 4.39 Å². The van der Waals surface area contributed by atoms with E-state index in [1.165, 1.54) is 6.07 Å². The van der Waals surface area contributed by atoms with E-state index in [2.05, 4.69) is 37.2 Å². The summed E-state index contributed by atoms with van der Waals surface area (Å²) in [6.07, 6.45) is 0. The van der Waals surface area contributed by atoms with Crippen molar-refractivity contribution >= 4 is 49.1 Å². The van der Waals surface area contributed by atoms with Crippen LogP contribution in [-0.4, -0.2) is 0 Å². The first-order valence-corrected chi connectivity index (χ1v) is 9.82. The lowest BCUT2D eigenvalue weighted by Gasteiger charge is -2.14. The van der Waals surface area contributed by atoms with Gasteiger partial charge in [0, 0.05) is 26.7 Å². The third-order valence-electron chi connectivity index (χ3n) is 3.73. The molecule has 0 radical (unpaired) electrons. The lowest BCUT2D eigenvalue weighted by molar-refractivity contribution is 0.303. The smallest absolute Gasteiger partial charge is 0.141 e. The zero-order valence-electron chi connectivity index (χ0n) is 13.6. The first-order chi connectivity index (χ1) is 12.5. The van der Waals surface area contributed by atoms with Gasteiger partial charge >= 0.3 is 0 Å². The fraction of sp³-hybridized carbons (Fsp3) is 0.100. The van der Waals surface area contributed by atoms with E-state index >= 15 is 0 Å². The molecule has 3 rings (SSSR count). The van der Waals surface area contributed by atoms with E-state index in [0.717, 1.165) is 31.5 Å². The quantitative estimate of drug-likeness (QED) is 0.387. The minimum Gasteiger partial charge on any atom is -0.489 e. The Labute approximate surface area is 173 Å². The minimum absolute atomic E-state index is 0.0935. The van der Waals surface area contributed by atoms with Crippen molar-refractivity contribution in [1.82, 2.24) is 0 Å². The average Bonchev–Trinajstić information content (AvgIpc) is 2.63. The summed E-state index contributed by atoms with van der Waals surface area (Å²) in [5.74, 6) is 0.356. The van der Waals surface area contributed by atoms with E-state index in [0.29, 0.717) is 13.2 Å². The Morgan fingerprint density at radius 1 is 0.923 bits per heavy atom. The van der Waals surface area contributed by atoms with Crippen LogP contribution in [0.4, 0.5) is 10.1 Å². The molecule has 3 aromatic rings. The van der Waals surface area contributed by atoms with Crippen LogP contribution in [0.15, 0.2) is 69.6 Å². The third-order valence-corrected chi connectivity index (χ3v) is 5.04. The molecule has 3 aromatic carbocycles. The summed E-state index contributed by atoms with van der Waals surface area (Å²) in [6.45, 7) is 1.00. The number of nitrogens with one attached hydrogen (secondary N) is 1. The van der Waals surface area contributed by atoms with E-state index in [4.69, 9.17) is 16.3 Å². The SMILES string of the molecule is Fc1ccc(NCc2cc(Br)ccc2OCc2ccc(Br)cc2)cc1Cl. The Kier molecular flexibility index (Phi) is 6.57. The normalized spacial score (nSPS) is 10.6. The standard InChI is InChI=1S/C20H15Br2ClFNO/c21-15-3-1-13(2-4-15)12-26-20-8-5-16(22)9-14(20)11-25-17-6-7-19(24)18(23)10-17/h1-10,25H,11-12H2. The zero-order valence-corrected chi connectivity index (χ0v) is 17.5. The summed E-state index contributed by atoms with van der Waals surface area (Å²) in [6, 6.07) is 18.4. The summed E-state index contributed by atoms with van der Waals surface area (Å²) in [5, 5.41) is 3.34. The van der Waals surface area contributed by atoms with E-state index < -0.39 is 5.82 Å². The molecule has 0 saturated heterocycles. The van der Waals surface area contributed by atoms with Crippen LogP contribution in [0.25, 0.3) is 0 Å². The first kappa shape index (κ1) is 19.2. The predicted octanol–water partition coefficient (Wildman–Crippen LogP) is 7.20. The predicted molar refractivity (Wildman–Crippen MR) is 111 cm³/mol. The van der Waals surface area contributed by atoms with Gasteiger partial charge in [-0.2, -0.15) is 0 Å². The first-order valence-electron chi connectivity index (χ1n) is 7.86. The molecule has 2 nitrogen and oxygen atoms in total. The fourth-order valence-corrected chi connectivity index (χ4v) is 3.23. The van der Waals surface area contributed by atoms with Crippen molar-refractivity contribution in [2.75, 3.05) is 5.32 Å². The molecule has 0 aliphatic carbocycles. The number of halogens is 4. The molecular weight excluding hydrogens is 484 g/mol. The molecule has 0 aliphatic heterocycles. The van der Waals surface area contributed by atoms with E-state index in [1.807, 2.05) is 42.5 Å². The molecule has 6 heteroatoms. The number of ether oxygens (including phenoxy) is 1. The van der Waals surface area contributed by atoms with Crippen molar-refractivity contribution in [2.24, 2.45) is 0 Å². The van der Waals surface area contributed by atoms with Crippen molar-refractivity contribution in [3.05, 3.63) is 91.6 Å². The Balaban J connectivity index is 1.70. The maximum Gasteiger partial charge on any atom is 0.141 e. The molecule has 26 heavy (non-hydrogen) atoms. The van der Waals surface area contributed by atoms with Crippen LogP contribution in [-0.2, 0) is 13.2 Å². The summed E-state index contributed by atoms with van der Waals surface area (Å²) in [7, 11) is 0. The molecule has 0 bridgehead atoms. The molecule has 0 atom stereocenters. The van der Waals surface area contributed by atoms with Crippen molar-refractivity contribution in [3.63, 3.8) is 0 Å². The second-order valence-corrected chi connectivity index (χ2v) is 7.89. The highest BCUT2D eigenvalue weighted by Crippen LogP contribution is 2.26. The van der Waals surface area contributed by atoms with Gasteiger partial charge in [-0.25, -0.2) is 4.39 Å². The van der Waals surface area contributed by atoms with Crippen LogP contribution in [0.3, 0.4) is 0 Å². The van der Waals surface area contributed by atoms with E-state index in [1.54, 1.807) is 12.1 Å². The number of anilines is 1. The number of benzene rings is 3. The lowest BCUT2D eigenvalue weighted by Crippen LogP contribution is -2.04. The Bertz CT molecular complexity index is 903. The van der Waals surface area contributed by atoms with Gasteiger partial charge in [0.2, 0.25) is 0 Å². The fourth-order valence-electron chi connectivity index (χ4n) is 2.37. The molecule has 0 spiro atoms. The highest BCUT2D eigenvalue weighted by molar-refractivity contribution is 9.10. The number of rotatable bonds is 6. The van der Waals surface area contributed by atoms with Crippen molar-refractivity contribution in [1.29, 1.82) is 0 Å². The molecule has 0 unspecified atom stereocenters. The van der Waals surface area contributed by atoms with Gasteiger partial charge in [0.05, 0.1) is 5.02 Å². The monoisotopic (exact) mass is 497 g/mol. The third kappa shape index (κ3) is 5.22. The van der Waals surface area contributed by atoms with Gasteiger partial charge in [0.15, 0.2) is 0 Å². The minimum atomic E-state index is -0.432. The molecule has 0 fully saturated rings. The zero-order chi connectivity index (χ0) is 18.5. The Morgan fingerprint density at radius 3 is 2.38 bits per heavy atom. The van der Waals surface area contributed by atoms with Crippen LogP contribution in [0, 0.1) is 5.82 Å². The van der Waals surface area contributed by atoms with Gasteiger partial charge in [0.25, 0.3) is 0 Å². The van der Waals surface area contributed by atoms with Crippen LogP contribution in [0.2, 0.25) is 5.02 Å². The van der Waals surface area contributed by atoms with Crippen LogP contribution in [0.5, 0.6) is 5.75 Å². The van der Waals surface area contributed by atoms with Crippen LogP contribution < -0.4 is 10.1 Å². The molecule has 0 saturated carbocycles. The van der Waals surface area contributed by atoms with Crippen LogP contribution in [0.1, 0.15) is 11.1 Å². The van der Waals surface area contributed by atoms with Gasteiger partial charge in [-0.15, -0.1) is 0 Å². The van der Waals surface area contributed by atoms with Gasteiger partial charge in [-0.05, 0) is 54.1 Å². The van der Waals surface area contributed by atoms with Gasteiger partial charge in [-0.1, -0.05) is 55.6 Å². The largest absolute Gasteiger partial charge is 0.489 e. The van der Waals surface area contributed by atoms with Crippen molar-refractivity contribution in [3.8, 4) is 5.75 Å². The molecule has 134 valence electrons. The highest BCUT2D eigenvalue weighted by Gasteiger charge is 2.07. The number of hydrogen-bond donors (Lipinski definition) is 1. The van der Waals surface area contributed by atoms with E-state index in [-0.39, 0.29) is 5.02 Å². The lowest BCUT2D eigenvalue weighted by atomic mass is 10.2. The van der Waals surface area contributed by atoms with Gasteiger partial charge < -0.3 is 10.1 Å². The van der Waals surface area contributed by atoms with Gasteiger partial charge in [0.1, 0.15) is 18.2 Å². The molecule has 1 N–H and O–H groups in total. The number of hydrogen-bond acceptors (Lipinski definition) is 2. The molecule has 0 aromatic heterocycles. The molecule has 0 heterocycles. The summed E-state index contributed by atoms with van der Waals surface area (Å²) >= 11 is 12.7. The maximum absolute atomic E-state index is 13.3. The van der Waals surface area contributed by atoms with Crippen molar-refractivity contribution < 1.29 is 9.13 Å². The molecule has 0 aliphatic rings. The van der Waals surface area contributed by atoms with Gasteiger partial charge in [-0.3, -0.25) is 0 Å². The Morgan fingerprint density at radius 2 is 1.65 bits per heavy atom. The maximum atomic E-state index is 13.3. The topological polar surface area (TPSA) is 21.3 Å². The summed E-state index contributed by atoms with van der Waals surface area (Å²) < 4.78 is 21.3. The average molecular weight is 500 g/mol. The van der Waals surface area contributed by atoms with Crippen molar-refractivity contribution in [2.45, 2.75) is 13.2 Å². The van der Waals surface area contributed by atoms with Crippen LogP contribution >= 0.6 is 43.5 Å². The Hall–Kier alpha value is -1.56. The summed E-state index contributed by atoms with van der Waals surface area (Å²) in [5.41, 5.74) is 2.81. The molecule has 0 amide bonds. The highest BCUT2D eigenvalue weighted by atomic mass is 79.9.